The minimum absolute atomic E-state index is 0.0825. The van der Waals surface area contributed by atoms with E-state index in [2.05, 4.69) is 5.32 Å². The Morgan fingerprint density at radius 3 is 2.50 bits per heavy atom. The van der Waals surface area contributed by atoms with Crippen molar-refractivity contribution < 1.29 is 18.0 Å². The van der Waals surface area contributed by atoms with Crippen molar-refractivity contribution in [2.24, 2.45) is 0 Å². The molecule has 0 heterocycles. The summed E-state index contributed by atoms with van der Waals surface area (Å²) in [4.78, 5) is 11.5. The Labute approximate surface area is 101 Å². The average molecular weight is 259 g/mol. The van der Waals surface area contributed by atoms with Gasteiger partial charge in [0, 0.05) is 11.4 Å². The van der Waals surface area contributed by atoms with Crippen LogP contribution in [-0.4, -0.2) is 17.7 Å². The van der Waals surface area contributed by atoms with E-state index in [9.17, 15) is 18.0 Å². The molecule has 1 fully saturated rings. The van der Waals surface area contributed by atoms with Crippen LogP contribution in [0.4, 0.5) is 29.3 Å². The zero-order valence-electron chi connectivity index (χ0n) is 9.34. The number of nitrogens with one attached hydrogen (secondary N) is 2. The number of anilines is 2. The van der Waals surface area contributed by atoms with Crippen LogP contribution in [0.15, 0.2) is 24.3 Å². The summed E-state index contributed by atoms with van der Waals surface area (Å²) in [6.07, 6.45) is -4.58. The van der Waals surface area contributed by atoms with E-state index < -0.39 is 17.7 Å². The van der Waals surface area contributed by atoms with E-state index in [1.54, 1.807) is 18.2 Å². The molecule has 0 unspecified atom stereocenters. The van der Waals surface area contributed by atoms with Crippen LogP contribution in [0.25, 0.3) is 0 Å². The van der Waals surface area contributed by atoms with Crippen molar-refractivity contribution >= 4 is 17.4 Å². The lowest BCUT2D eigenvalue weighted by molar-refractivity contribution is -0.162. The van der Waals surface area contributed by atoms with Crippen molar-refractivity contribution in [3.05, 3.63) is 24.3 Å². The molecule has 0 radical (unpaired) electrons. The summed E-state index contributed by atoms with van der Waals surface area (Å²) in [5.74, 6) is 0. The molecule has 1 aromatic rings. The highest BCUT2D eigenvalue weighted by molar-refractivity contribution is 5.90. The maximum Gasteiger partial charge on any atom is 0.411 e. The number of urea groups is 1. The third kappa shape index (κ3) is 2.49. The standard InChI is InChI=1S/C11H12F3N3O/c12-11(13,14)10(4-5-10)17-9(18)16-8-3-1-2-7(15)6-8/h1-3,6H,4-5,15H2,(H2,16,17,18). The van der Waals surface area contributed by atoms with Crippen molar-refractivity contribution in [2.45, 2.75) is 24.6 Å². The predicted molar refractivity (Wildman–Crippen MR) is 61.0 cm³/mol. The van der Waals surface area contributed by atoms with Crippen molar-refractivity contribution in [1.29, 1.82) is 0 Å². The lowest BCUT2D eigenvalue weighted by atomic mass is 10.2. The second-order valence-electron chi connectivity index (χ2n) is 4.28. The summed E-state index contributed by atoms with van der Waals surface area (Å²) in [5, 5.41) is 4.28. The molecule has 0 atom stereocenters. The molecule has 4 nitrogen and oxygen atoms in total. The van der Waals surface area contributed by atoms with Crippen LogP contribution in [0.2, 0.25) is 0 Å². The molecule has 2 rings (SSSR count). The molecule has 0 aromatic heterocycles. The summed E-state index contributed by atoms with van der Waals surface area (Å²) < 4.78 is 37.8. The fourth-order valence-corrected chi connectivity index (χ4v) is 1.60. The fourth-order valence-electron chi connectivity index (χ4n) is 1.60. The molecular formula is C11H12F3N3O. The number of carbonyl (C=O) groups is 1. The molecule has 1 aromatic carbocycles. The quantitative estimate of drug-likeness (QED) is 0.714. The van der Waals surface area contributed by atoms with E-state index in [4.69, 9.17) is 5.73 Å². The van der Waals surface area contributed by atoms with E-state index in [0.29, 0.717) is 11.4 Å². The minimum atomic E-state index is -4.42. The summed E-state index contributed by atoms with van der Waals surface area (Å²) in [5.41, 5.74) is 4.21. The first-order valence-corrected chi connectivity index (χ1v) is 5.34. The van der Waals surface area contributed by atoms with E-state index >= 15 is 0 Å². The summed E-state index contributed by atoms with van der Waals surface area (Å²) >= 11 is 0. The third-order valence-corrected chi connectivity index (χ3v) is 2.79. The average Bonchev–Trinajstić information content (AvgIpc) is 2.97. The summed E-state index contributed by atoms with van der Waals surface area (Å²) in [7, 11) is 0. The monoisotopic (exact) mass is 259 g/mol. The lowest BCUT2D eigenvalue weighted by Crippen LogP contribution is -2.49. The number of alkyl halides is 3. The highest BCUT2D eigenvalue weighted by Crippen LogP contribution is 2.48. The van der Waals surface area contributed by atoms with Gasteiger partial charge in [0.25, 0.3) is 0 Å². The van der Waals surface area contributed by atoms with Crippen LogP contribution in [-0.2, 0) is 0 Å². The first-order chi connectivity index (χ1) is 8.32. The minimum Gasteiger partial charge on any atom is -0.399 e. The van der Waals surface area contributed by atoms with Crippen LogP contribution in [0.5, 0.6) is 0 Å². The number of rotatable bonds is 2. The number of nitrogen functional groups attached to an aromatic ring is 1. The van der Waals surface area contributed by atoms with Crippen molar-refractivity contribution in [1.82, 2.24) is 5.32 Å². The molecule has 1 aliphatic rings. The van der Waals surface area contributed by atoms with Gasteiger partial charge in [-0.2, -0.15) is 13.2 Å². The van der Waals surface area contributed by atoms with Crippen LogP contribution in [0.1, 0.15) is 12.8 Å². The van der Waals surface area contributed by atoms with Gasteiger partial charge in [0.05, 0.1) is 0 Å². The summed E-state index contributed by atoms with van der Waals surface area (Å²) in [6, 6.07) is 5.34. The Morgan fingerprint density at radius 2 is 2.00 bits per heavy atom. The molecule has 0 spiro atoms. The van der Waals surface area contributed by atoms with Gasteiger partial charge in [-0.3, -0.25) is 0 Å². The lowest BCUT2D eigenvalue weighted by Gasteiger charge is -2.20. The Hall–Kier alpha value is -1.92. The summed E-state index contributed by atoms with van der Waals surface area (Å²) in [6.45, 7) is 0. The second kappa shape index (κ2) is 4.08. The first kappa shape index (κ1) is 12.5. The zero-order chi connectivity index (χ0) is 13.4. The van der Waals surface area contributed by atoms with Crippen molar-refractivity contribution in [3.8, 4) is 0 Å². The number of amides is 2. The predicted octanol–water partition coefficient (Wildman–Crippen LogP) is 2.49. The number of carbonyl (C=O) groups excluding carboxylic acids is 1. The van der Waals surface area contributed by atoms with Gasteiger partial charge in [-0.1, -0.05) is 6.07 Å². The van der Waals surface area contributed by atoms with Gasteiger partial charge in [-0.15, -0.1) is 0 Å². The maximum atomic E-state index is 12.6. The molecule has 4 N–H and O–H groups in total. The Balaban J connectivity index is 1.98. The van der Waals surface area contributed by atoms with Gasteiger partial charge in [0.1, 0.15) is 5.54 Å². The number of hydrogen-bond donors (Lipinski definition) is 3. The largest absolute Gasteiger partial charge is 0.411 e. The molecule has 0 saturated heterocycles. The van der Waals surface area contributed by atoms with E-state index in [1.165, 1.54) is 6.07 Å². The molecular weight excluding hydrogens is 247 g/mol. The third-order valence-electron chi connectivity index (χ3n) is 2.79. The van der Waals surface area contributed by atoms with E-state index in [1.807, 2.05) is 5.32 Å². The molecule has 2 amide bonds. The number of nitrogens with two attached hydrogens (primary N) is 1. The topological polar surface area (TPSA) is 67.1 Å². The molecule has 18 heavy (non-hydrogen) atoms. The van der Waals surface area contributed by atoms with Crippen molar-refractivity contribution in [3.63, 3.8) is 0 Å². The Kier molecular flexibility index (Phi) is 2.84. The van der Waals surface area contributed by atoms with Gasteiger partial charge in [-0.05, 0) is 31.0 Å². The molecule has 0 bridgehead atoms. The zero-order valence-corrected chi connectivity index (χ0v) is 9.34. The fraction of sp³-hybridized carbons (Fsp3) is 0.364. The second-order valence-corrected chi connectivity index (χ2v) is 4.28. The number of halogens is 3. The maximum absolute atomic E-state index is 12.6. The number of benzene rings is 1. The molecule has 98 valence electrons. The smallest absolute Gasteiger partial charge is 0.399 e. The van der Waals surface area contributed by atoms with Gasteiger partial charge >= 0.3 is 12.2 Å². The van der Waals surface area contributed by atoms with Crippen molar-refractivity contribution in [2.75, 3.05) is 11.1 Å². The molecule has 7 heteroatoms. The van der Waals surface area contributed by atoms with E-state index in [0.717, 1.165) is 0 Å². The van der Waals surface area contributed by atoms with Crippen LogP contribution in [0.3, 0.4) is 0 Å². The van der Waals surface area contributed by atoms with Crippen LogP contribution >= 0.6 is 0 Å². The highest BCUT2D eigenvalue weighted by atomic mass is 19.4. The van der Waals surface area contributed by atoms with Gasteiger partial charge in [0.15, 0.2) is 0 Å². The molecule has 1 saturated carbocycles. The van der Waals surface area contributed by atoms with Crippen LogP contribution in [0, 0.1) is 0 Å². The SMILES string of the molecule is Nc1cccc(NC(=O)NC2(C(F)(F)F)CC2)c1. The Bertz CT molecular complexity index is 469. The molecule has 0 aliphatic heterocycles. The number of hydrogen-bond acceptors (Lipinski definition) is 2. The first-order valence-electron chi connectivity index (χ1n) is 5.34. The van der Waals surface area contributed by atoms with Crippen LogP contribution < -0.4 is 16.4 Å². The highest BCUT2D eigenvalue weighted by Gasteiger charge is 2.64. The van der Waals surface area contributed by atoms with Gasteiger partial charge in [-0.25, -0.2) is 4.79 Å². The van der Waals surface area contributed by atoms with E-state index in [-0.39, 0.29) is 12.8 Å². The molecule has 1 aliphatic carbocycles. The Morgan fingerprint density at radius 1 is 1.33 bits per heavy atom. The van der Waals surface area contributed by atoms with Gasteiger partial charge in [0.2, 0.25) is 0 Å². The van der Waals surface area contributed by atoms with Gasteiger partial charge < -0.3 is 16.4 Å². The normalized spacial score (nSPS) is 17.1.